The van der Waals surface area contributed by atoms with Crippen molar-refractivity contribution in [2.45, 2.75) is 11.8 Å². The van der Waals surface area contributed by atoms with Crippen LogP contribution in [0.15, 0.2) is 29.2 Å². The zero-order valence-corrected chi connectivity index (χ0v) is 15.2. The summed E-state index contributed by atoms with van der Waals surface area (Å²) in [5.41, 5.74) is 8.19. The molecule has 0 atom stereocenters. The number of sulfonamides is 1. The maximum Gasteiger partial charge on any atom is 0.332 e. The molecule has 0 fully saturated rings. The van der Waals surface area contributed by atoms with E-state index in [0.29, 0.717) is 0 Å². The van der Waals surface area contributed by atoms with Gasteiger partial charge < -0.3 is 5.73 Å². The number of aromatic amines is 1. The lowest BCUT2D eigenvalue weighted by molar-refractivity contribution is -0.379. The van der Waals surface area contributed by atoms with Crippen LogP contribution in [-0.4, -0.2) is 14.3 Å². The highest BCUT2D eigenvalue weighted by Crippen LogP contribution is 2.31. The van der Waals surface area contributed by atoms with E-state index in [-0.39, 0.29) is 31.5 Å². The van der Waals surface area contributed by atoms with Crippen molar-refractivity contribution in [1.82, 2.24) is 10.3 Å². The van der Waals surface area contributed by atoms with Crippen molar-refractivity contribution in [1.29, 1.82) is 0 Å². The van der Waals surface area contributed by atoms with E-state index in [2.05, 4.69) is 4.98 Å². The summed E-state index contributed by atoms with van der Waals surface area (Å²) >= 11 is 17.5. The van der Waals surface area contributed by atoms with Crippen LogP contribution in [0.25, 0.3) is 0 Å². The van der Waals surface area contributed by atoms with Crippen molar-refractivity contribution in [2.75, 3.05) is 5.73 Å². The minimum Gasteiger partial charge on any atom is -0.396 e. The number of anilines is 1. The number of H-pyrrole nitrogens is 1. The Hall–Kier alpha value is -1.58. The van der Waals surface area contributed by atoms with Crippen LogP contribution in [0.4, 0.5) is 5.69 Å². The second-order valence-corrected chi connectivity index (χ2v) is 7.54. The Morgan fingerprint density at radius 2 is 1.71 bits per heavy atom. The van der Waals surface area contributed by atoms with Crippen molar-refractivity contribution in [3.05, 3.63) is 50.7 Å². The molecular weight excluding hydrogens is 399 g/mol. The van der Waals surface area contributed by atoms with E-state index in [9.17, 15) is 13.2 Å². The molecule has 1 aromatic carbocycles. The topological polar surface area (TPSA) is 115 Å². The van der Waals surface area contributed by atoms with Gasteiger partial charge in [-0.15, -0.1) is 4.83 Å². The quantitative estimate of drug-likeness (QED) is 0.528. The second kappa shape index (κ2) is 7.12. The third kappa shape index (κ3) is 3.90. The highest BCUT2D eigenvalue weighted by Gasteiger charge is 2.27. The molecule has 1 aromatic heterocycles. The first-order chi connectivity index (χ1) is 11.1. The molecule has 7 nitrogen and oxygen atoms in total. The summed E-state index contributed by atoms with van der Waals surface area (Å²) in [6.07, 6.45) is 0. The fraction of sp³-hybridized carbons (Fsp3) is 0.0769. The molecule has 24 heavy (non-hydrogen) atoms. The molecule has 0 aliphatic rings. The first-order valence-corrected chi connectivity index (χ1v) is 8.99. The van der Waals surface area contributed by atoms with Crippen LogP contribution < -0.4 is 21.0 Å². The Balaban J connectivity index is 2.21. The summed E-state index contributed by atoms with van der Waals surface area (Å²) in [5.74, 6) is -0.888. The predicted octanol–water partition coefficient (Wildman–Crippen LogP) is 1.97. The number of nitrogens with one attached hydrogen (secondary N) is 3. The number of carbonyl (C=O) groups excluding carboxylic acids is 1. The number of hydrogen-bond acceptors (Lipinski definition) is 4. The van der Waals surface area contributed by atoms with Crippen LogP contribution >= 0.6 is 34.8 Å². The summed E-state index contributed by atoms with van der Waals surface area (Å²) in [4.78, 5) is 16.5. The number of carbonyl (C=O) groups is 1. The molecule has 0 saturated heterocycles. The number of hydrogen-bond donors (Lipinski definition) is 3. The number of halogens is 3. The van der Waals surface area contributed by atoms with Crippen LogP contribution in [0.3, 0.4) is 0 Å². The third-order valence-corrected chi connectivity index (χ3v) is 5.41. The Morgan fingerprint density at radius 3 is 2.29 bits per heavy atom. The van der Waals surface area contributed by atoms with E-state index in [1.54, 1.807) is 12.1 Å². The van der Waals surface area contributed by atoms with Gasteiger partial charge in [0.15, 0.2) is 0 Å². The smallest absolute Gasteiger partial charge is 0.332 e. The highest BCUT2D eigenvalue weighted by molar-refractivity contribution is 7.89. The number of rotatable bonds is 4. The number of nitrogen functional groups attached to an aromatic ring is 1. The highest BCUT2D eigenvalue weighted by atomic mass is 35.5. The van der Waals surface area contributed by atoms with Gasteiger partial charge in [-0.3, -0.25) is 10.2 Å². The van der Waals surface area contributed by atoms with Crippen LogP contribution in [-0.2, 0) is 10.0 Å². The maximum absolute atomic E-state index is 12.1. The van der Waals surface area contributed by atoms with E-state index in [0.717, 1.165) is 5.56 Å². The Kier molecular flexibility index (Phi) is 5.56. The van der Waals surface area contributed by atoms with E-state index in [1.807, 2.05) is 17.2 Å². The molecule has 2 rings (SSSR count). The van der Waals surface area contributed by atoms with Crippen molar-refractivity contribution in [3.8, 4) is 0 Å². The molecule has 0 aliphatic carbocycles. The molecule has 0 radical (unpaired) electrons. The Morgan fingerprint density at radius 1 is 1.12 bits per heavy atom. The first kappa shape index (κ1) is 18.8. The summed E-state index contributed by atoms with van der Waals surface area (Å²) in [5, 5.41) is -0.333. The molecule has 11 heteroatoms. The molecule has 128 valence electrons. The maximum atomic E-state index is 12.1. The van der Waals surface area contributed by atoms with Gasteiger partial charge >= 0.3 is 5.91 Å². The summed E-state index contributed by atoms with van der Waals surface area (Å²) in [6.45, 7) is 1.82. The summed E-state index contributed by atoms with van der Waals surface area (Å²) < 4.78 is 24.2. The van der Waals surface area contributed by atoms with Gasteiger partial charge in [0.1, 0.15) is 10.0 Å². The van der Waals surface area contributed by atoms with E-state index in [1.165, 1.54) is 12.1 Å². The molecule has 1 heterocycles. The molecule has 0 saturated carbocycles. The van der Waals surface area contributed by atoms with Crippen LogP contribution in [0, 0.1) is 6.92 Å². The van der Waals surface area contributed by atoms with Gasteiger partial charge in [-0.1, -0.05) is 40.9 Å². The van der Waals surface area contributed by atoms with Crippen molar-refractivity contribution < 1.29 is 18.2 Å². The minimum atomic E-state index is -3.95. The number of nitrogens with two attached hydrogens (primary N) is 1. The number of aryl methyl sites for hydroxylation is 1. The van der Waals surface area contributed by atoms with E-state index >= 15 is 0 Å². The monoisotopic (exact) mass is 409 g/mol. The summed E-state index contributed by atoms with van der Waals surface area (Å²) in [6, 6.07) is 6.06. The largest absolute Gasteiger partial charge is 0.396 e. The van der Waals surface area contributed by atoms with Crippen molar-refractivity contribution >= 4 is 56.4 Å². The van der Waals surface area contributed by atoms with Crippen LogP contribution in [0.1, 0.15) is 16.1 Å². The lowest BCUT2D eigenvalue weighted by Gasteiger charge is -2.08. The number of hydrazine groups is 1. The molecular formula is C13H12Cl3N4O3S+. The third-order valence-electron chi connectivity index (χ3n) is 2.98. The van der Waals surface area contributed by atoms with Gasteiger partial charge in [-0.2, -0.15) is 4.98 Å². The number of benzene rings is 1. The lowest BCUT2D eigenvalue weighted by Crippen LogP contribution is -2.43. The molecule has 5 N–H and O–H groups in total. The van der Waals surface area contributed by atoms with Gasteiger partial charge in [0.05, 0.1) is 10.6 Å². The standard InChI is InChI=1S/C13H11Cl3N4O3S/c1-6-2-4-7(5-3-6)24(22,23)20-19-13(21)11-8(14)10(17)9(15)12(16)18-11/h2-5,20H,1H3,(H2,17,18)(H,19,21)/p+1. The normalized spacial score (nSPS) is 11.3. The van der Waals surface area contributed by atoms with Gasteiger partial charge in [-0.05, 0) is 30.7 Å². The lowest BCUT2D eigenvalue weighted by atomic mass is 10.2. The molecule has 2 aromatic rings. The van der Waals surface area contributed by atoms with Crippen LogP contribution in [0.2, 0.25) is 15.2 Å². The fourth-order valence-electron chi connectivity index (χ4n) is 1.68. The Bertz CT molecular complexity index is 902. The fourth-order valence-corrected chi connectivity index (χ4v) is 3.13. The molecule has 0 bridgehead atoms. The van der Waals surface area contributed by atoms with E-state index < -0.39 is 15.9 Å². The second-order valence-electron chi connectivity index (χ2n) is 4.73. The van der Waals surface area contributed by atoms with Crippen LogP contribution in [0.5, 0.6) is 0 Å². The molecule has 0 unspecified atom stereocenters. The molecule has 0 aliphatic heterocycles. The zero-order valence-electron chi connectivity index (χ0n) is 12.2. The average Bonchev–Trinajstić information content (AvgIpc) is 2.54. The Labute approximate surface area is 153 Å². The van der Waals surface area contributed by atoms with Gasteiger partial charge in [0.2, 0.25) is 0 Å². The van der Waals surface area contributed by atoms with Crippen molar-refractivity contribution in [2.24, 2.45) is 0 Å². The predicted molar refractivity (Wildman–Crippen MR) is 91.4 cm³/mol. The SMILES string of the molecule is Cc1ccc(S(=O)(=O)NNC(=O)c2[nH+]c(Cl)c(Cl)c(N)c2Cl)cc1. The van der Waals surface area contributed by atoms with Gasteiger partial charge in [-0.25, -0.2) is 8.42 Å². The average molecular weight is 411 g/mol. The molecule has 1 amide bonds. The van der Waals surface area contributed by atoms with Crippen molar-refractivity contribution in [3.63, 3.8) is 0 Å². The minimum absolute atomic E-state index is 0.0165. The first-order valence-electron chi connectivity index (χ1n) is 6.37. The van der Waals surface area contributed by atoms with Gasteiger partial charge in [0, 0.05) is 0 Å². The number of pyridine rings is 1. The number of aromatic nitrogens is 1. The molecule has 0 spiro atoms. The number of amides is 1. The summed E-state index contributed by atoms with van der Waals surface area (Å²) in [7, 11) is -3.95. The zero-order chi connectivity index (χ0) is 18.1. The van der Waals surface area contributed by atoms with Gasteiger partial charge in [0.25, 0.3) is 20.9 Å². The van der Waals surface area contributed by atoms with E-state index in [4.69, 9.17) is 40.5 Å².